The van der Waals surface area contributed by atoms with E-state index in [9.17, 15) is 5.26 Å². The van der Waals surface area contributed by atoms with Crippen LogP contribution in [0.4, 0.5) is 0 Å². The number of hydrogen-bond donors (Lipinski definition) is 0. The second kappa shape index (κ2) is 5.10. The van der Waals surface area contributed by atoms with Crippen LogP contribution in [-0.2, 0) is 11.3 Å². The molecule has 1 atom stereocenters. The van der Waals surface area contributed by atoms with Crippen LogP contribution < -0.4 is 0 Å². The molecule has 1 aromatic rings. The minimum atomic E-state index is -0.202. The number of ether oxygens (including phenoxy) is 1. The van der Waals surface area contributed by atoms with E-state index in [1.54, 1.807) is 12.5 Å². The molecule has 2 heterocycles. The topological polar surface area (TPSA) is 54.1 Å². The lowest BCUT2D eigenvalue weighted by molar-refractivity contribution is 0.0254. The molecule has 1 aliphatic rings. The van der Waals surface area contributed by atoms with Gasteiger partial charge in [0, 0.05) is 19.6 Å². The SMILES string of the molecule is CCn1cncc1C(C#N)N1CCOCC1. The first kappa shape index (κ1) is 11.1. The van der Waals surface area contributed by atoms with E-state index in [2.05, 4.69) is 22.9 Å². The largest absolute Gasteiger partial charge is 0.379 e. The molecule has 0 aliphatic carbocycles. The van der Waals surface area contributed by atoms with Gasteiger partial charge in [0.2, 0.25) is 0 Å². The van der Waals surface area contributed by atoms with Crippen LogP contribution in [0.15, 0.2) is 12.5 Å². The predicted octanol–water partition coefficient (Wildman–Crippen LogP) is 0.800. The Kier molecular flexibility index (Phi) is 3.54. The third-order valence-corrected chi connectivity index (χ3v) is 2.90. The van der Waals surface area contributed by atoms with Crippen LogP contribution in [0, 0.1) is 11.3 Å². The van der Waals surface area contributed by atoms with Gasteiger partial charge in [0.1, 0.15) is 6.04 Å². The maximum Gasteiger partial charge on any atom is 0.140 e. The van der Waals surface area contributed by atoms with Crippen LogP contribution in [0.1, 0.15) is 18.7 Å². The molecule has 0 N–H and O–H groups in total. The third kappa shape index (κ3) is 2.08. The van der Waals surface area contributed by atoms with Gasteiger partial charge in [-0.25, -0.2) is 4.98 Å². The zero-order chi connectivity index (χ0) is 11.4. The fourth-order valence-corrected chi connectivity index (χ4v) is 1.99. The first-order valence-electron chi connectivity index (χ1n) is 5.58. The molecule has 0 radical (unpaired) electrons. The van der Waals surface area contributed by atoms with E-state index < -0.39 is 0 Å². The highest BCUT2D eigenvalue weighted by molar-refractivity contribution is 5.14. The Hall–Kier alpha value is -1.38. The van der Waals surface area contributed by atoms with E-state index in [0.29, 0.717) is 13.2 Å². The van der Waals surface area contributed by atoms with Crippen molar-refractivity contribution in [1.29, 1.82) is 5.26 Å². The highest BCUT2D eigenvalue weighted by Crippen LogP contribution is 2.20. The van der Waals surface area contributed by atoms with Gasteiger partial charge in [-0.2, -0.15) is 5.26 Å². The summed E-state index contributed by atoms with van der Waals surface area (Å²) < 4.78 is 7.31. The Morgan fingerprint density at radius 3 is 2.94 bits per heavy atom. The van der Waals surface area contributed by atoms with Gasteiger partial charge in [0.25, 0.3) is 0 Å². The summed E-state index contributed by atoms with van der Waals surface area (Å²) >= 11 is 0. The summed E-state index contributed by atoms with van der Waals surface area (Å²) in [6.45, 7) is 5.94. The number of morpholine rings is 1. The van der Waals surface area contributed by atoms with Gasteiger partial charge in [-0.1, -0.05) is 0 Å². The molecule has 0 spiro atoms. The number of nitrogens with zero attached hydrogens (tertiary/aromatic N) is 4. The van der Waals surface area contributed by atoms with Gasteiger partial charge in [-0.15, -0.1) is 0 Å². The second-order valence-corrected chi connectivity index (χ2v) is 3.78. The standard InChI is InChI=1S/C11H16N4O/c1-2-14-9-13-8-11(14)10(7-12)15-3-5-16-6-4-15/h8-10H,2-6H2,1H3. The van der Waals surface area contributed by atoms with Crippen LogP contribution in [0.2, 0.25) is 0 Å². The minimum Gasteiger partial charge on any atom is -0.379 e. The van der Waals surface area contributed by atoms with Crippen molar-refractivity contribution in [1.82, 2.24) is 14.5 Å². The summed E-state index contributed by atoms with van der Waals surface area (Å²) in [6.07, 6.45) is 3.56. The fraction of sp³-hybridized carbons (Fsp3) is 0.636. The predicted molar refractivity (Wildman–Crippen MR) is 58.6 cm³/mol. The molecular formula is C11H16N4O. The Balaban J connectivity index is 2.18. The average molecular weight is 220 g/mol. The van der Waals surface area contributed by atoms with Crippen molar-refractivity contribution >= 4 is 0 Å². The van der Waals surface area contributed by atoms with Crippen LogP contribution in [-0.4, -0.2) is 40.8 Å². The first-order chi connectivity index (χ1) is 7.86. The molecule has 1 fully saturated rings. The number of rotatable bonds is 3. The highest BCUT2D eigenvalue weighted by atomic mass is 16.5. The van der Waals surface area contributed by atoms with Crippen molar-refractivity contribution in [2.75, 3.05) is 26.3 Å². The lowest BCUT2D eigenvalue weighted by Gasteiger charge is -2.30. The van der Waals surface area contributed by atoms with Gasteiger partial charge in [-0.3, -0.25) is 4.90 Å². The maximum absolute atomic E-state index is 9.30. The summed E-state index contributed by atoms with van der Waals surface area (Å²) in [5.41, 5.74) is 0.979. The maximum atomic E-state index is 9.30. The lowest BCUT2D eigenvalue weighted by atomic mass is 10.2. The molecule has 5 heteroatoms. The monoisotopic (exact) mass is 220 g/mol. The molecule has 1 unspecified atom stereocenters. The Labute approximate surface area is 95.2 Å². The van der Waals surface area contributed by atoms with Crippen LogP contribution in [0.3, 0.4) is 0 Å². The Morgan fingerprint density at radius 2 is 2.31 bits per heavy atom. The van der Waals surface area contributed by atoms with E-state index >= 15 is 0 Å². The fourth-order valence-electron chi connectivity index (χ4n) is 1.99. The summed E-state index contributed by atoms with van der Waals surface area (Å²) in [5.74, 6) is 0. The number of nitriles is 1. The zero-order valence-electron chi connectivity index (χ0n) is 9.46. The van der Waals surface area contributed by atoms with Crippen molar-refractivity contribution in [2.45, 2.75) is 19.5 Å². The number of aryl methyl sites for hydroxylation is 1. The highest BCUT2D eigenvalue weighted by Gasteiger charge is 2.24. The summed E-state index contributed by atoms with van der Waals surface area (Å²) in [4.78, 5) is 6.26. The van der Waals surface area contributed by atoms with E-state index in [-0.39, 0.29) is 6.04 Å². The molecule has 0 aromatic carbocycles. The van der Waals surface area contributed by atoms with Crippen molar-refractivity contribution in [3.8, 4) is 6.07 Å². The zero-order valence-corrected chi connectivity index (χ0v) is 9.46. The van der Waals surface area contributed by atoms with Gasteiger partial charge in [0.15, 0.2) is 0 Å². The van der Waals surface area contributed by atoms with Gasteiger partial charge >= 0.3 is 0 Å². The molecule has 1 saturated heterocycles. The normalized spacial score (nSPS) is 19.2. The Bertz CT molecular complexity index is 376. The van der Waals surface area contributed by atoms with Gasteiger partial charge in [-0.05, 0) is 6.92 Å². The summed E-state index contributed by atoms with van der Waals surface area (Å²) in [5, 5.41) is 9.30. The number of imidazole rings is 1. The first-order valence-corrected chi connectivity index (χ1v) is 5.58. The van der Waals surface area contributed by atoms with Gasteiger partial charge < -0.3 is 9.30 Å². The number of hydrogen-bond acceptors (Lipinski definition) is 4. The van der Waals surface area contributed by atoms with Crippen molar-refractivity contribution in [3.63, 3.8) is 0 Å². The molecule has 1 aromatic heterocycles. The van der Waals surface area contributed by atoms with Gasteiger partial charge in [0.05, 0.1) is 37.5 Å². The van der Waals surface area contributed by atoms with E-state index in [1.807, 2.05) is 4.57 Å². The van der Waals surface area contributed by atoms with E-state index in [0.717, 1.165) is 25.3 Å². The molecule has 2 rings (SSSR count). The van der Waals surface area contributed by atoms with Crippen molar-refractivity contribution in [3.05, 3.63) is 18.2 Å². The molecular weight excluding hydrogens is 204 g/mol. The van der Waals surface area contributed by atoms with Crippen LogP contribution >= 0.6 is 0 Å². The molecule has 86 valence electrons. The summed E-state index contributed by atoms with van der Waals surface area (Å²) in [6, 6.07) is 2.16. The molecule has 5 nitrogen and oxygen atoms in total. The molecule has 16 heavy (non-hydrogen) atoms. The quantitative estimate of drug-likeness (QED) is 0.756. The van der Waals surface area contributed by atoms with E-state index in [1.165, 1.54) is 0 Å². The molecule has 0 bridgehead atoms. The second-order valence-electron chi connectivity index (χ2n) is 3.78. The smallest absolute Gasteiger partial charge is 0.140 e. The minimum absolute atomic E-state index is 0.202. The molecule has 1 aliphatic heterocycles. The molecule has 0 saturated carbocycles. The Morgan fingerprint density at radius 1 is 1.56 bits per heavy atom. The summed E-state index contributed by atoms with van der Waals surface area (Å²) in [7, 11) is 0. The van der Waals surface area contributed by atoms with Crippen molar-refractivity contribution in [2.24, 2.45) is 0 Å². The van der Waals surface area contributed by atoms with E-state index in [4.69, 9.17) is 4.74 Å². The third-order valence-electron chi connectivity index (χ3n) is 2.90. The molecule has 0 amide bonds. The number of aromatic nitrogens is 2. The van der Waals surface area contributed by atoms with Crippen molar-refractivity contribution < 1.29 is 4.74 Å². The average Bonchev–Trinajstić information content (AvgIpc) is 2.80. The van der Waals surface area contributed by atoms with Crippen LogP contribution in [0.25, 0.3) is 0 Å². The lowest BCUT2D eigenvalue weighted by Crippen LogP contribution is -2.39. The van der Waals surface area contributed by atoms with Crippen LogP contribution in [0.5, 0.6) is 0 Å².